The summed E-state index contributed by atoms with van der Waals surface area (Å²) < 4.78 is 1.27. The molecule has 1 unspecified atom stereocenters. The summed E-state index contributed by atoms with van der Waals surface area (Å²) in [7, 11) is 0. The van der Waals surface area contributed by atoms with Gasteiger partial charge in [0.05, 0.1) is 15.9 Å². The highest BCUT2D eigenvalue weighted by Crippen LogP contribution is 2.30. The average molecular weight is 327 g/mol. The molecule has 0 aliphatic carbocycles. The second-order valence-corrected chi connectivity index (χ2v) is 7.18. The molecule has 1 fully saturated rings. The molecule has 0 radical (unpaired) electrons. The van der Waals surface area contributed by atoms with Gasteiger partial charge in [0, 0.05) is 31.4 Å². The highest BCUT2D eigenvalue weighted by atomic mass is 32.1. The first-order valence-electron chi connectivity index (χ1n) is 8.13. The fraction of sp³-hybridized carbons (Fsp3) is 0.412. The van der Waals surface area contributed by atoms with Crippen molar-refractivity contribution in [3.8, 4) is 0 Å². The van der Waals surface area contributed by atoms with Crippen LogP contribution in [0.15, 0.2) is 30.3 Å². The molecule has 1 atom stereocenters. The summed E-state index contributed by atoms with van der Waals surface area (Å²) >= 11 is 1.79. The molecule has 0 bridgehead atoms. The number of benzene rings is 1. The average Bonchev–Trinajstić information content (AvgIpc) is 3.19. The number of para-hydroxylation sites is 1. The van der Waals surface area contributed by atoms with Crippen molar-refractivity contribution < 1.29 is 0 Å². The highest BCUT2D eigenvalue weighted by molar-refractivity contribution is 7.22. The van der Waals surface area contributed by atoms with Gasteiger partial charge in [0.15, 0.2) is 5.13 Å². The molecular formula is C17H21N5S. The van der Waals surface area contributed by atoms with Gasteiger partial charge in [-0.15, -0.1) is 0 Å². The Bertz CT molecular complexity index is 760. The summed E-state index contributed by atoms with van der Waals surface area (Å²) in [6.45, 7) is 4.97. The van der Waals surface area contributed by atoms with E-state index in [0.29, 0.717) is 6.04 Å². The minimum atomic E-state index is 0.493. The van der Waals surface area contributed by atoms with Gasteiger partial charge in [0.2, 0.25) is 0 Å². The standard InChI is InChI=1S/C17H21N5S/c1-12-9-14(21-20-12)10-18-13-5-4-8-22(11-13)17-19-15-6-2-3-7-16(15)23-17/h2-3,6-7,9,13,18H,4-5,8,10-11H2,1H3,(H,20,21). The topological polar surface area (TPSA) is 56.8 Å². The molecule has 4 rings (SSSR count). The first-order valence-corrected chi connectivity index (χ1v) is 8.94. The van der Waals surface area contributed by atoms with E-state index in [4.69, 9.17) is 4.98 Å². The summed E-state index contributed by atoms with van der Waals surface area (Å²) in [6, 6.07) is 11.0. The van der Waals surface area contributed by atoms with Crippen molar-refractivity contribution in [2.24, 2.45) is 0 Å². The summed E-state index contributed by atoms with van der Waals surface area (Å²) in [5, 5.41) is 12.1. The minimum Gasteiger partial charge on any atom is -0.347 e. The summed E-state index contributed by atoms with van der Waals surface area (Å²) in [5.74, 6) is 0. The Morgan fingerprint density at radius 1 is 1.39 bits per heavy atom. The molecule has 1 aromatic carbocycles. The highest BCUT2D eigenvalue weighted by Gasteiger charge is 2.22. The van der Waals surface area contributed by atoms with E-state index in [0.717, 1.165) is 41.7 Å². The summed E-state index contributed by atoms with van der Waals surface area (Å²) in [4.78, 5) is 7.21. The van der Waals surface area contributed by atoms with E-state index in [9.17, 15) is 0 Å². The molecule has 0 saturated carbocycles. The van der Waals surface area contributed by atoms with E-state index < -0.39 is 0 Å². The van der Waals surface area contributed by atoms with Gasteiger partial charge in [0.1, 0.15) is 0 Å². The summed E-state index contributed by atoms with van der Waals surface area (Å²) in [6.07, 6.45) is 2.41. The van der Waals surface area contributed by atoms with E-state index in [-0.39, 0.29) is 0 Å². The number of thiazole rings is 1. The number of hydrogen-bond acceptors (Lipinski definition) is 5. The fourth-order valence-electron chi connectivity index (χ4n) is 3.13. The number of hydrogen-bond donors (Lipinski definition) is 2. The molecule has 0 amide bonds. The van der Waals surface area contributed by atoms with Crippen LogP contribution >= 0.6 is 11.3 Å². The molecule has 3 aromatic rings. The number of H-pyrrole nitrogens is 1. The Kier molecular flexibility index (Phi) is 4.01. The number of fused-ring (bicyclic) bond motifs is 1. The van der Waals surface area contributed by atoms with Crippen LogP contribution in [0.2, 0.25) is 0 Å². The van der Waals surface area contributed by atoms with E-state index in [1.165, 1.54) is 17.5 Å². The lowest BCUT2D eigenvalue weighted by Gasteiger charge is -2.33. The molecule has 1 aliphatic rings. The molecule has 0 spiro atoms. The van der Waals surface area contributed by atoms with E-state index in [2.05, 4.69) is 50.7 Å². The fourth-order valence-corrected chi connectivity index (χ4v) is 4.13. The maximum Gasteiger partial charge on any atom is 0.186 e. The smallest absolute Gasteiger partial charge is 0.186 e. The molecule has 1 saturated heterocycles. The van der Waals surface area contributed by atoms with Gasteiger partial charge in [-0.05, 0) is 38.0 Å². The van der Waals surface area contributed by atoms with Gasteiger partial charge < -0.3 is 10.2 Å². The molecule has 23 heavy (non-hydrogen) atoms. The van der Waals surface area contributed by atoms with Crippen LogP contribution in [0.3, 0.4) is 0 Å². The Labute approximate surface area is 139 Å². The minimum absolute atomic E-state index is 0.493. The zero-order valence-electron chi connectivity index (χ0n) is 13.2. The lowest BCUT2D eigenvalue weighted by molar-refractivity contribution is 0.419. The number of rotatable bonds is 4. The van der Waals surface area contributed by atoms with Crippen molar-refractivity contribution in [3.63, 3.8) is 0 Å². The van der Waals surface area contributed by atoms with Crippen LogP contribution in [0.5, 0.6) is 0 Å². The van der Waals surface area contributed by atoms with Gasteiger partial charge >= 0.3 is 0 Å². The second-order valence-electron chi connectivity index (χ2n) is 6.17. The predicted octanol–water partition coefficient (Wildman–Crippen LogP) is 3.09. The van der Waals surface area contributed by atoms with E-state index in [1.54, 1.807) is 11.3 Å². The Morgan fingerprint density at radius 2 is 2.30 bits per heavy atom. The molecule has 2 N–H and O–H groups in total. The Morgan fingerprint density at radius 3 is 3.13 bits per heavy atom. The monoisotopic (exact) mass is 327 g/mol. The third-order valence-electron chi connectivity index (χ3n) is 4.31. The van der Waals surface area contributed by atoms with Crippen LogP contribution in [-0.2, 0) is 6.54 Å². The van der Waals surface area contributed by atoms with E-state index >= 15 is 0 Å². The van der Waals surface area contributed by atoms with Crippen LogP contribution in [0.4, 0.5) is 5.13 Å². The number of aromatic nitrogens is 3. The third kappa shape index (κ3) is 3.23. The van der Waals surface area contributed by atoms with Gasteiger partial charge in [-0.3, -0.25) is 5.10 Å². The molecule has 3 heterocycles. The van der Waals surface area contributed by atoms with Crippen LogP contribution in [-0.4, -0.2) is 34.3 Å². The first kappa shape index (κ1) is 14.7. The van der Waals surface area contributed by atoms with Crippen molar-refractivity contribution in [1.29, 1.82) is 0 Å². The van der Waals surface area contributed by atoms with E-state index in [1.807, 2.05) is 6.92 Å². The normalized spacial score (nSPS) is 18.7. The lowest BCUT2D eigenvalue weighted by atomic mass is 10.1. The number of nitrogens with zero attached hydrogens (tertiary/aromatic N) is 3. The zero-order chi connectivity index (χ0) is 15.6. The number of anilines is 1. The SMILES string of the molecule is Cc1cc(CNC2CCCN(c3nc4ccccc4s3)C2)n[nH]1. The second kappa shape index (κ2) is 6.29. The van der Waals surface area contributed by atoms with Crippen molar-refractivity contribution >= 4 is 26.7 Å². The number of aryl methyl sites for hydroxylation is 1. The van der Waals surface area contributed by atoms with Gasteiger partial charge in [-0.2, -0.15) is 5.10 Å². The molecule has 1 aliphatic heterocycles. The van der Waals surface area contributed by atoms with Crippen LogP contribution in [0, 0.1) is 6.92 Å². The van der Waals surface area contributed by atoms with Crippen molar-refractivity contribution in [2.45, 2.75) is 32.4 Å². The maximum absolute atomic E-state index is 4.79. The van der Waals surface area contributed by atoms with Crippen LogP contribution in [0.25, 0.3) is 10.2 Å². The maximum atomic E-state index is 4.79. The quantitative estimate of drug-likeness (QED) is 0.773. The Hall–Kier alpha value is -1.92. The van der Waals surface area contributed by atoms with Gasteiger partial charge in [-0.25, -0.2) is 4.98 Å². The molecular weight excluding hydrogens is 306 g/mol. The largest absolute Gasteiger partial charge is 0.347 e. The lowest BCUT2D eigenvalue weighted by Crippen LogP contribution is -2.45. The molecule has 120 valence electrons. The molecule has 2 aromatic heterocycles. The third-order valence-corrected chi connectivity index (χ3v) is 5.40. The zero-order valence-corrected chi connectivity index (χ0v) is 14.1. The van der Waals surface area contributed by atoms with Gasteiger partial charge in [0.25, 0.3) is 0 Å². The summed E-state index contributed by atoms with van der Waals surface area (Å²) in [5.41, 5.74) is 3.30. The van der Waals surface area contributed by atoms with Crippen molar-refractivity contribution in [3.05, 3.63) is 41.7 Å². The molecule has 5 nitrogen and oxygen atoms in total. The van der Waals surface area contributed by atoms with Crippen molar-refractivity contribution in [2.75, 3.05) is 18.0 Å². The molecule has 6 heteroatoms. The van der Waals surface area contributed by atoms with Crippen molar-refractivity contribution in [1.82, 2.24) is 20.5 Å². The Balaban J connectivity index is 1.42. The van der Waals surface area contributed by atoms with Crippen LogP contribution in [0.1, 0.15) is 24.2 Å². The number of piperidine rings is 1. The number of nitrogens with one attached hydrogen (secondary N) is 2. The number of aromatic amines is 1. The predicted molar refractivity (Wildman–Crippen MR) is 95.0 cm³/mol. The first-order chi connectivity index (χ1) is 11.3. The van der Waals surface area contributed by atoms with Gasteiger partial charge in [-0.1, -0.05) is 23.5 Å². The van der Waals surface area contributed by atoms with Crippen LogP contribution < -0.4 is 10.2 Å².